The van der Waals surface area contributed by atoms with Crippen molar-refractivity contribution in [2.75, 3.05) is 32.4 Å². The van der Waals surface area contributed by atoms with Crippen molar-refractivity contribution in [1.29, 1.82) is 0 Å². The molecule has 0 saturated carbocycles. The molecule has 1 heterocycles. The van der Waals surface area contributed by atoms with E-state index in [2.05, 4.69) is 16.8 Å². The lowest BCUT2D eigenvalue weighted by atomic mass is 9.98. The van der Waals surface area contributed by atoms with Crippen molar-refractivity contribution < 1.29 is 8.42 Å². The molecule has 0 aliphatic carbocycles. The zero-order valence-electron chi connectivity index (χ0n) is 13.6. The molecular weight excluding hydrogens is 355 g/mol. The first-order chi connectivity index (χ1) is 9.88. The molecule has 1 aliphatic rings. The Kier molecular flexibility index (Phi) is 9.40. The molecule has 1 fully saturated rings. The predicted molar refractivity (Wildman–Crippen MR) is 101 cm³/mol. The van der Waals surface area contributed by atoms with Crippen molar-refractivity contribution >= 4 is 34.7 Å². The molecule has 0 unspecified atom stereocenters. The number of rotatable bonds is 5. The molecule has 2 rings (SSSR count). The molecule has 0 bridgehead atoms. The van der Waals surface area contributed by atoms with Gasteiger partial charge in [0, 0.05) is 38.5 Å². The number of hydrogen-bond acceptors (Lipinski definition) is 4. The maximum Gasteiger partial charge on any atom is 0.175 e. The van der Waals surface area contributed by atoms with Crippen LogP contribution in [-0.2, 0) is 9.84 Å². The van der Waals surface area contributed by atoms with Crippen LogP contribution in [0.25, 0.3) is 0 Å². The number of piperazine rings is 1. The summed E-state index contributed by atoms with van der Waals surface area (Å²) in [6, 6.07) is 7.56. The van der Waals surface area contributed by atoms with Crippen LogP contribution in [-0.4, -0.2) is 45.8 Å². The SMILES string of the molecule is C=C(C)C[C@@H](c1ccc(S(C)(=O)=O)cc1)N1CCNCC1.Cl.Cl. The Morgan fingerprint density at radius 3 is 2.17 bits per heavy atom. The van der Waals surface area contributed by atoms with Gasteiger partial charge >= 0.3 is 0 Å². The van der Waals surface area contributed by atoms with Crippen LogP contribution in [0.3, 0.4) is 0 Å². The molecule has 1 N–H and O–H groups in total. The normalized spacial score (nSPS) is 16.8. The quantitative estimate of drug-likeness (QED) is 0.797. The van der Waals surface area contributed by atoms with E-state index in [1.54, 1.807) is 12.1 Å². The van der Waals surface area contributed by atoms with Crippen LogP contribution in [0.5, 0.6) is 0 Å². The van der Waals surface area contributed by atoms with E-state index in [1.807, 2.05) is 19.1 Å². The molecule has 1 aliphatic heterocycles. The van der Waals surface area contributed by atoms with Gasteiger partial charge in [0.15, 0.2) is 9.84 Å². The molecule has 4 nitrogen and oxygen atoms in total. The molecule has 1 aromatic rings. The third-order valence-corrected chi connectivity index (χ3v) is 4.96. The summed E-state index contributed by atoms with van der Waals surface area (Å²) >= 11 is 0. The monoisotopic (exact) mass is 380 g/mol. The minimum absolute atomic E-state index is 0. The summed E-state index contributed by atoms with van der Waals surface area (Å²) in [5.41, 5.74) is 2.30. The van der Waals surface area contributed by atoms with Crippen LogP contribution >= 0.6 is 24.8 Å². The largest absolute Gasteiger partial charge is 0.314 e. The van der Waals surface area contributed by atoms with Crippen LogP contribution in [0, 0.1) is 0 Å². The second kappa shape index (κ2) is 9.64. The predicted octanol–water partition coefficient (Wildman–Crippen LogP) is 2.85. The first-order valence-electron chi connectivity index (χ1n) is 7.27. The Morgan fingerprint density at radius 1 is 1.22 bits per heavy atom. The van der Waals surface area contributed by atoms with E-state index < -0.39 is 9.84 Å². The van der Waals surface area contributed by atoms with E-state index in [9.17, 15) is 8.42 Å². The lowest BCUT2D eigenvalue weighted by Crippen LogP contribution is -2.45. The van der Waals surface area contributed by atoms with Crippen molar-refractivity contribution in [3.63, 3.8) is 0 Å². The molecule has 1 aromatic carbocycles. The van der Waals surface area contributed by atoms with Crippen molar-refractivity contribution in [1.82, 2.24) is 10.2 Å². The summed E-state index contributed by atoms with van der Waals surface area (Å²) in [5.74, 6) is 0. The van der Waals surface area contributed by atoms with Gasteiger partial charge in [-0.05, 0) is 31.0 Å². The second-order valence-electron chi connectivity index (χ2n) is 5.80. The van der Waals surface area contributed by atoms with E-state index >= 15 is 0 Å². The van der Waals surface area contributed by atoms with Gasteiger partial charge in [0.2, 0.25) is 0 Å². The molecule has 0 amide bonds. The van der Waals surface area contributed by atoms with E-state index in [1.165, 1.54) is 6.26 Å². The highest BCUT2D eigenvalue weighted by Gasteiger charge is 2.22. The standard InChI is InChI=1S/C16H24N2O2S.2ClH/c1-13(2)12-16(18-10-8-17-9-11-18)14-4-6-15(7-5-14)21(3,19)20;;/h4-7,16-17H,1,8-12H2,2-3H3;2*1H/t16-;;/m0../s1. The first-order valence-corrected chi connectivity index (χ1v) is 9.16. The summed E-state index contributed by atoms with van der Waals surface area (Å²) in [6.07, 6.45) is 2.14. The molecular formula is C16H26Cl2N2O2S. The maximum absolute atomic E-state index is 11.6. The van der Waals surface area contributed by atoms with Gasteiger partial charge in [0.05, 0.1) is 4.90 Å². The van der Waals surface area contributed by atoms with Crippen LogP contribution < -0.4 is 5.32 Å². The van der Waals surface area contributed by atoms with Gasteiger partial charge in [-0.1, -0.05) is 17.7 Å². The summed E-state index contributed by atoms with van der Waals surface area (Å²) in [4.78, 5) is 2.82. The average molecular weight is 381 g/mol. The lowest BCUT2D eigenvalue weighted by Gasteiger charge is -2.35. The molecule has 7 heteroatoms. The Morgan fingerprint density at radius 2 is 1.74 bits per heavy atom. The van der Waals surface area contributed by atoms with Crippen LogP contribution in [0.1, 0.15) is 24.9 Å². The lowest BCUT2D eigenvalue weighted by molar-refractivity contribution is 0.172. The first kappa shape index (κ1) is 22.4. The van der Waals surface area contributed by atoms with Crippen LogP contribution in [0.2, 0.25) is 0 Å². The van der Waals surface area contributed by atoms with Gasteiger partial charge in [-0.3, -0.25) is 4.90 Å². The van der Waals surface area contributed by atoms with E-state index in [0.29, 0.717) is 4.90 Å². The fourth-order valence-corrected chi connectivity index (χ4v) is 3.35. The number of nitrogens with one attached hydrogen (secondary N) is 1. The number of hydrogen-bond donors (Lipinski definition) is 1. The number of benzene rings is 1. The van der Waals surface area contributed by atoms with Gasteiger partial charge in [-0.2, -0.15) is 0 Å². The highest BCUT2D eigenvalue weighted by molar-refractivity contribution is 7.90. The minimum atomic E-state index is -3.13. The average Bonchev–Trinajstić information content (AvgIpc) is 2.45. The topological polar surface area (TPSA) is 49.4 Å². The molecule has 1 atom stereocenters. The summed E-state index contributed by atoms with van der Waals surface area (Å²) < 4.78 is 23.1. The smallest absolute Gasteiger partial charge is 0.175 e. The fourth-order valence-electron chi connectivity index (χ4n) is 2.72. The summed E-state index contributed by atoms with van der Waals surface area (Å²) in [6.45, 7) is 10.1. The highest BCUT2D eigenvalue weighted by atomic mass is 35.5. The zero-order chi connectivity index (χ0) is 15.5. The van der Waals surface area contributed by atoms with Gasteiger partial charge in [-0.25, -0.2) is 8.42 Å². The molecule has 1 saturated heterocycles. The van der Waals surface area contributed by atoms with Crippen molar-refractivity contribution in [3.8, 4) is 0 Å². The third kappa shape index (κ3) is 6.43. The molecule has 0 aromatic heterocycles. The molecule has 132 valence electrons. The van der Waals surface area contributed by atoms with E-state index in [-0.39, 0.29) is 30.9 Å². The van der Waals surface area contributed by atoms with Gasteiger partial charge in [0.1, 0.15) is 0 Å². The van der Waals surface area contributed by atoms with Crippen molar-refractivity contribution in [2.24, 2.45) is 0 Å². The Balaban J connectivity index is 0.00000242. The minimum Gasteiger partial charge on any atom is -0.314 e. The summed E-state index contributed by atoms with van der Waals surface area (Å²) in [7, 11) is -3.13. The van der Waals surface area contributed by atoms with Crippen LogP contribution in [0.4, 0.5) is 0 Å². The number of sulfone groups is 1. The van der Waals surface area contributed by atoms with E-state index in [4.69, 9.17) is 0 Å². The van der Waals surface area contributed by atoms with Gasteiger partial charge in [-0.15, -0.1) is 31.4 Å². The van der Waals surface area contributed by atoms with Gasteiger partial charge in [0.25, 0.3) is 0 Å². The highest BCUT2D eigenvalue weighted by Crippen LogP contribution is 2.28. The Bertz CT molecular complexity index is 597. The molecule has 0 radical (unpaired) electrons. The maximum atomic E-state index is 11.6. The second-order valence-corrected chi connectivity index (χ2v) is 7.82. The van der Waals surface area contributed by atoms with Gasteiger partial charge < -0.3 is 5.32 Å². The van der Waals surface area contributed by atoms with E-state index in [0.717, 1.165) is 43.7 Å². The number of nitrogens with zero attached hydrogens (tertiary/aromatic N) is 1. The van der Waals surface area contributed by atoms with Crippen LogP contribution in [0.15, 0.2) is 41.3 Å². The fraction of sp³-hybridized carbons (Fsp3) is 0.500. The Hall–Kier alpha value is -0.590. The third-order valence-electron chi connectivity index (χ3n) is 3.83. The number of halogens is 2. The van der Waals surface area contributed by atoms with Crippen molar-refractivity contribution in [2.45, 2.75) is 24.3 Å². The molecule has 0 spiro atoms. The zero-order valence-corrected chi connectivity index (χ0v) is 16.1. The molecule has 23 heavy (non-hydrogen) atoms. The summed E-state index contributed by atoms with van der Waals surface area (Å²) in [5, 5.41) is 3.36. The Labute approximate surface area is 152 Å². The van der Waals surface area contributed by atoms with Crippen molar-refractivity contribution in [3.05, 3.63) is 42.0 Å².